The fraction of sp³-hybridized carbons (Fsp3) is 0.222. The molecule has 0 aromatic heterocycles. The van der Waals surface area contributed by atoms with Gasteiger partial charge in [-0.2, -0.15) is 5.26 Å². The number of phenols is 1. The van der Waals surface area contributed by atoms with Crippen LogP contribution in [0.15, 0.2) is 12.1 Å². The van der Waals surface area contributed by atoms with E-state index in [-0.39, 0.29) is 11.1 Å². The molecule has 4 N–H and O–H groups in total. The van der Waals surface area contributed by atoms with Gasteiger partial charge in [-0.3, -0.25) is 0 Å². The summed E-state index contributed by atoms with van der Waals surface area (Å²) in [4.78, 5) is 0. The van der Waals surface area contributed by atoms with Crippen LogP contribution >= 0.6 is 0 Å². The van der Waals surface area contributed by atoms with Crippen LogP contribution in [0.3, 0.4) is 0 Å². The van der Waals surface area contributed by atoms with Crippen LogP contribution in [0.1, 0.15) is 17.2 Å². The van der Waals surface area contributed by atoms with E-state index >= 15 is 0 Å². The molecule has 4 nitrogen and oxygen atoms in total. The number of nitrogens with two attached hydrogens (primary N) is 1. The van der Waals surface area contributed by atoms with E-state index in [0.29, 0.717) is 0 Å². The largest absolute Gasteiger partial charge is 0.505 e. The first-order chi connectivity index (χ1) is 6.60. The summed E-state index contributed by atoms with van der Waals surface area (Å²) in [6.45, 7) is -0.429. The topological polar surface area (TPSA) is 90.3 Å². The average molecular weight is 196 g/mol. The zero-order valence-electron chi connectivity index (χ0n) is 7.24. The van der Waals surface area contributed by atoms with Gasteiger partial charge in [-0.25, -0.2) is 4.39 Å². The molecule has 0 bridgehead atoms. The molecule has 74 valence electrons. The van der Waals surface area contributed by atoms with Crippen molar-refractivity contribution in [1.29, 1.82) is 5.26 Å². The van der Waals surface area contributed by atoms with E-state index in [2.05, 4.69) is 0 Å². The maximum atomic E-state index is 13.0. The van der Waals surface area contributed by atoms with Crippen molar-refractivity contribution in [2.75, 3.05) is 6.61 Å². The summed E-state index contributed by atoms with van der Waals surface area (Å²) < 4.78 is 13.0. The molecule has 0 radical (unpaired) electrons. The van der Waals surface area contributed by atoms with Gasteiger partial charge >= 0.3 is 0 Å². The lowest BCUT2D eigenvalue weighted by atomic mass is 10.0. The fourth-order valence-corrected chi connectivity index (χ4v) is 1.07. The Bertz CT molecular complexity index is 387. The molecule has 0 saturated carbocycles. The predicted octanol–water partition coefficient (Wildman–Crippen LogP) is 0.395. The number of nitriles is 1. The molecule has 1 aromatic rings. The summed E-state index contributed by atoms with van der Waals surface area (Å²) in [5, 5.41) is 26.5. The number of aliphatic hydroxyl groups is 1. The standard InChI is InChI=1S/C9H9FN2O2/c10-7-2-5(3-11)1-6(9(7)14)8(12)4-13/h1-2,8,13-14H,4,12H2/t8-/m1/s1. The number of aromatic hydroxyl groups is 1. The van der Waals surface area contributed by atoms with Crippen molar-refractivity contribution in [3.05, 3.63) is 29.1 Å². The molecule has 0 aliphatic carbocycles. The highest BCUT2D eigenvalue weighted by molar-refractivity contribution is 5.44. The van der Waals surface area contributed by atoms with Gasteiger partial charge in [-0.15, -0.1) is 0 Å². The summed E-state index contributed by atoms with van der Waals surface area (Å²) >= 11 is 0. The highest BCUT2D eigenvalue weighted by Crippen LogP contribution is 2.27. The second-order valence-electron chi connectivity index (χ2n) is 2.80. The molecule has 0 heterocycles. The van der Waals surface area contributed by atoms with Gasteiger partial charge in [0.25, 0.3) is 0 Å². The van der Waals surface area contributed by atoms with E-state index in [1.807, 2.05) is 0 Å². The molecule has 0 saturated heterocycles. The normalized spacial score (nSPS) is 12.1. The molecular formula is C9H9FN2O2. The first-order valence-corrected chi connectivity index (χ1v) is 3.89. The minimum absolute atomic E-state index is 0.0315. The number of halogens is 1. The van der Waals surface area contributed by atoms with Crippen LogP contribution in [0.25, 0.3) is 0 Å². The van der Waals surface area contributed by atoms with E-state index in [0.717, 1.165) is 6.07 Å². The Labute approximate surface area is 80.0 Å². The van der Waals surface area contributed by atoms with Gasteiger partial charge in [0.2, 0.25) is 0 Å². The first-order valence-electron chi connectivity index (χ1n) is 3.89. The molecule has 0 aliphatic rings. The second kappa shape index (κ2) is 4.05. The third kappa shape index (κ3) is 1.82. The zero-order chi connectivity index (χ0) is 10.7. The summed E-state index contributed by atoms with van der Waals surface area (Å²) in [5.74, 6) is -1.53. The lowest BCUT2D eigenvalue weighted by molar-refractivity contribution is 0.264. The number of rotatable bonds is 2. The Kier molecular flexibility index (Phi) is 3.02. The van der Waals surface area contributed by atoms with Crippen LogP contribution in [0.2, 0.25) is 0 Å². The molecule has 5 heteroatoms. The molecule has 0 amide bonds. The van der Waals surface area contributed by atoms with Crippen LogP contribution in [-0.4, -0.2) is 16.8 Å². The first kappa shape index (κ1) is 10.4. The van der Waals surface area contributed by atoms with Crippen LogP contribution in [-0.2, 0) is 0 Å². The predicted molar refractivity (Wildman–Crippen MR) is 46.8 cm³/mol. The highest BCUT2D eigenvalue weighted by Gasteiger charge is 2.15. The van der Waals surface area contributed by atoms with Crippen LogP contribution in [0.4, 0.5) is 4.39 Å². The lowest BCUT2D eigenvalue weighted by Crippen LogP contribution is -2.15. The minimum Gasteiger partial charge on any atom is -0.505 e. The second-order valence-corrected chi connectivity index (χ2v) is 2.80. The molecule has 1 rings (SSSR count). The Morgan fingerprint density at radius 2 is 2.21 bits per heavy atom. The van der Waals surface area contributed by atoms with Gasteiger partial charge in [-0.05, 0) is 12.1 Å². The number of aliphatic hydroxyl groups excluding tert-OH is 1. The van der Waals surface area contributed by atoms with Crippen molar-refractivity contribution in [2.24, 2.45) is 5.73 Å². The number of hydrogen-bond donors (Lipinski definition) is 3. The van der Waals surface area contributed by atoms with Crippen molar-refractivity contribution in [2.45, 2.75) is 6.04 Å². The lowest BCUT2D eigenvalue weighted by Gasteiger charge is -2.11. The van der Waals surface area contributed by atoms with Crippen molar-refractivity contribution in [3.8, 4) is 11.8 Å². The van der Waals surface area contributed by atoms with Crippen LogP contribution in [0, 0.1) is 17.1 Å². The van der Waals surface area contributed by atoms with Crippen molar-refractivity contribution >= 4 is 0 Å². The van der Waals surface area contributed by atoms with E-state index in [1.54, 1.807) is 6.07 Å². The van der Waals surface area contributed by atoms with E-state index in [4.69, 9.17) is 16.1 Å². The van der Waals surface area contributed by atoms with Crippen molar-refractivity contribution in [3.63, 3.8) is 0 Å². The Morgan fingerprint density at radius 1 is 1.57 bits per heavy atom. The van der Waals surface area contributed by atoms with E-state index in [1.165, 1.54) is 6.07 Å². The van der Waals surface area contributed by atoms with Gasteiger partial charge in [-0.1, -0.05) is 0 Å². The molecule has 0 fully saturated rings. The maximum absolute atomic E-state index is 13.0. The van der Waals surface area contributed by atoms with Gasteiger partial charge in [0, 0.05) is 5.56 Å². The summed E-state index contributed by atoms with van der Waals surface area (Å²) in [7, 11) is 0. The van der Waals surface area contributed by atoms with Gasteiger partial charge in [0.15, 0.2) is 11.6 Å². The van der Waals surface area contributed by atoms with Gasteiger partial charge < -0.3 is 15.9 Å². The van der Waals surface area contributed by atoms with Crippen LogP contribution in [0.5, 0.6) is 5.75 Å². The molecule has 0 unspecified atom stereocenters. The number of nitrogens with zero attached hydrogens (tertiary/aromatic N) is 1. The highest BCUT2D eigenvalue weighted by atomic mass is 19.1. The van der Waals surface area contributed by atoms with Crippen molar-refractivity contribution in [1.82, 2.24) is 0 Å². The third-order valence-corrected chi connectivity index (χ3v) is 1.82. The van der Waals surface area contributed by atoms with Gasteiger partial charge in [0.1, 0.15) is 0 Å². The van der Waals surface area contributed by atoms with E-state index in [9.17, 15) is 9.50 Å². The zero-order valence-corrected chi connectivity index (χ0v) is 7.24. The van der Waals surface area contributed by atoms with Crippen molar-refractivity contribution < 1.29 is 14.6 Å². The molecular weight excluding hydrogens is 187 g/mol. The molecule has 1 aromatic carbocycles. The Balaban J connectivity index is 3.28. The molecule has 14 heavy (non-hydrogen) atoms. The van der Waals surface area contributed by atoms with E-state index < -0.39 is 24.2 Å². The van der Waals surface area contributed by atoms with Crippen LogP contribution < -0.4 is 5.73 Å². The average Bonchev–Trinajstić information content (AvgIpc) is 2.20. The Morgan fingerprint density at radius 3 is 2.71 bits per heavy atom. The summed E-state index contributed by atoms with van der Waals surface area (Å²) in [5.41, 5.74) is 5.49. The molecule has 0 spiro atoms. The maximum Gasteiger partial charge on any atom is 0.166 e. The van der Waals surface area contributed by atoms with Gasteiger partial charge in [0.05, 0.1) is 24.3 Å². The third-order valence-electron chi connectivity index (χ3n) is 1.82. The summed E-state index contributed by atoms with van der Waals surface area (Å²) in [6, 6.07) is 2.99. The number of phenolic OH excluding ortho intramolecular Hbond substituents is 1. The molecule has 1 atom stereocenters. The smallest absolute Gasteiger partial charge is 0.166 e. The summed E-state index contributed by atoms with van der Waals surface area (Å²) in [6.07, 6.45) is 0. The molecule has 0 aliphatic heterocycles. The minimum atomic E-state index is -0.914. The number of hydrogen-bond acceptors (Lipinski definition) is 4. The number of benzene rings is 1. The fourth-order valence-electron chi connectivity index (χ4n) is 1.07. The monoisotopic (exact) mass is 196 g/mol. The SMILES string of the molecule is N#Cc1cc(F)c(O)c([C@H](N)CO)c1. The quantitative estimate of drug-likeness (QED) is 0.638. The Hall–Kier alpha value is -1.64.